The third-order valence-corrected chi connectivity index (χ3v) is 5.56. The Balaban J connectivity index is 1.35. The molecule has 0 radical (unpaired) electrons. The molecule has 0 spiro atoms. The first-order valence-electron chi connectivity index (χ1n) is 8.78. The van der Waals surface area contributed by atoms with Gasteiger partial charge in [0.25, 0.3) is 5.22 Å². The minimum Gasteiger partial charge on any atom is -0.411 e. The van der Waals surface area contributed by atoms with Crippen LogP contribution >= 0.6 is 23.4 Å². The monoisotopic (exact) mass is 399 g/mol. The second-order valence-corrected chi connectivity index (χ2v) is 7.75. The van der Waals surface area contributed by atoms with Crippen LogP contribution in [-0.4, -0.2) is 21.9 Å². The molecule has 1 amide bonds. The van der Waals surface area contributed by atoms with Crippen molar-refractivity contribution in [2.45, 2.75) is 30.5 Å². The average molecular weight is 400 g/mol. The van der Waals surface area contributed by atoms with Crippen molar-refractivity contribution in [1.29, 1.82) is 0 Å². The third-order valence-electron chi connectivity index (χ3n) is 4.51. The zero-order valence-corrected chi connectivity index (χ0v) is 16.1. The predicted molar refractivity (Wildman–Crippen MR) is 106 cm³/mol. The highest BCUT2D eigenvalue weighted by Crippen LogP contribution is 2.30. The van der Waals surface area contributed by atoms with Crippen LogP contribution < -0.4 is 5.32 Å². The van der Waals surface area contributed by atoms with Gasteiger partial charge >= 0.3 is 0 Å². The number of nitrogens with one attached hydrogen (secondary N) is 1. The summed E-state index contributed by atoms with van der Waals surface area (Å²) in [7, 11) is 0. The first-order valence-corrected chi connectivity index (χ1v) is 10.1. The number of hydrogen-bond acceptors (Lipinski definition) is 5. The molecule has 1 aliphatic carbocycles. The predicted octanol–water partition coefficient (Wildman–Crippen LogP) is 4.68. The van der Waals surface area contributed by atoms with Crippen LogP contribution in [-0.2, 0) is 11.2 Å². The van der Waals surface area contributed by atoms with E-state index in [9.17, 15) is 4.79 Å². The van der Waals surface area contributed by atoms with Gasteiger partial charge in [0.15, 0.2) is 0 Å². The van der Waals surface area contributed by atoms with E-state index in [1.54, 1.807) is 12.1 Å². The van der Waals surface area contributed by atoms with Gasteiger partial charge in [-0.05, 0) is 48.6 Å². The Kier molecular flexibility index (Phi) is 5.45. The maximum absolute atomic E-state index is 12.4. The van der Waals surface area contributed by atoms with Crippen LogP contribution in [0.4, 0.5) is 0 Å². The number of amides is 1. The highest BCUT2D eigenvalue weighted by molar-refractivity contribution is 7.99. The van der Waals surface area contributed by atoms with Crippen molar-refractivity contribution in [3.63, 3.8) is 0 Å². The molecule has 7 heteroatoms. The maximum Gasteiger partial charge on any atom is 0.277 e. The summed E-state index contributed by atoms with van der Waals surface area (Å²) in [5.41, 5.74) is 3.30. The molecule has 138 valence electrons. The number of thioether (sulfide) groups is 1. The molecule has 0 unspecified atom stereocenters. The van der Waals surface area contributed by atoms with Crippen molar-refractivity contribution in [2.75, 3.05) is 5.75 Å². The molecule has 3 aromatic rings. The summed E-state index contributed by atoms with van der Waals surface area (Å²) < 4.78 is 5.62. The number of hydrogen-bond donors (Lipinski definition) is 1. The lowest BCUT2D eigenvalue weighted by Gasteiger charge is -2.26. The number of carbonyl (C=O) groups is 1. The minimum atomic E-state index is -0.0378. The van der Waals surface area contributed by atoms with E-state index in [0.29, 0.717) is 16.1 Å². The SMILES string of the molecule is O=C(CSc1nnc(-c2cccc(Cl)c2)o1)N[C@H]1CCCc2ccccc21. The van der Waals surface area contributed by atoms with E-state index in [2.05, 4.69) is 27.6 Å². The van der Waals surface area contributed by atoms with E-state index in [4.69, 9.17) is 16.0 Å². The van der Waals surface area contributed by atoms with E-state index in [1.165, 1.54) is 22.9 Å². The largest absolute Gasteiger partial charge is 0.411 e. The summed E-state index contributed by atoms with van der Waals surface area (Å²) in [4.78, 5) is 12.4. The zero-order valence-electron chi connectivity index (χ0n) is 14.5. The van der Waals surface area contributed by atoms with Gasteiger partial charge in [0.2, 0.25) is 11.8 Å². The molecule has 1 aromatic heterocycles. The molecule has 1 atom stereocenters. The van der Waals surface area contributed by atoms with Gasteiger partial charge < -0.3 is 9.73 Å². The summed E-state index contributed by atoms with van der Waals surface area (Å²) in [6, 6.07) is 15.6. The fraction of sp³-hybridized carbons (Fsp3) is 0.250. The molecule has 2 aromatic carbocycles. The zero-order chi connectivity index (χ0) is 18.6. The lowest BCUT2D eigenvalue weighted by Crippen LogP contribution is -2.32. The van der Waals surface area contributed by atoms with E-state index < -0.39 is 0 Å². The first-order chi connectivity index (χ1) is 13.2. The Labute approximate surface area is 166 Å². The van der Waals surface area contributed by atoms with Crippen LogP contribution in [0.1, 0.15) is 30.0 Å². The van der Waals surface area contributed by atoms with Crippen molar-refractivity contribution >= 4 is 29.3 Å². The molecule has 0 saturated carbocycles. The van der Waals surface area contributed by atoms with Crippen LogP contribution in [0.5, 0.6) is 0 Å². The smallest absolute Gasteiger partial charge is 0.277 e. The molecule has 1 aliphatic rings. The molecular weight excluding hydrogens is 382 g/mol. The van der Waals surface area contributed by atoms with Crippen LogP contribution in [0.2, 0.25) is 5.02 Å². The summed E-state index contributed by atoms with van der Waals surface area (Å²) in [6.45, 7) is 0. The lowest BCUT2D eigenvalue weighted by atomic mass is 9.88. The highest BCUT2D eigenvalue weighted by Gasteiger charge is 2.21. The van der Waals surface area contributed by atoms with Crippen LogP contribution in [0.15, 0.2) is 58.2 Å². The van der Waals surface area contributed by atoms with E-state index >= 15 is 0 Å². The van der Waals surface area contributed by atoms with Crippen LogP contribution in [0.25, 0.3) is 11.5 Å². The first kappa shape index (κ1) is 18.1. The minimum absolute atomic E-state index is 0.0378. The number of aryl methyl sites for hydroxylation is 1. The fourth-order valence-corrected chi connectivity index (χ4v) is 4.04. The van der Waals surface area contributed by atoms with E-state index in [1.807, 2.05) is 24.3 Å². The Morgan fingerprint density at radius 1 is 1.22 bits per heavy atom. The number of fused-ring (bicyclic) bond motifs is 1. The van der Waals surface area contributed by atoms with Gasteiger partial charge in [0, 0.05) is 10.6 Å². The Hall–Kier alpha value is -2.31. The van der Waals surface area contributed by atoms with Gasteiger partial charge in [-0.15, -0.1) is 10.2 Å². The Morgan fingerprint density at radius 2 is 2.11 bits per heavy atom. The van der Waals surface area contributed by atoms with Gasteiger partial charge in [-0.25, -0.2) is 0 Å². The summed E-state index contributed by atoms with van der Waals surface area (Å²) in [6.07, 6.45) is 3.13. The second kappa shape index (κ2) is 8.15. The molecule has 0 fully saturated rings. The maximum atomic E-state index is 12.4. The van der Waals surface area contributed by atoms with Gasteiger partial charge in [-0.3, -0.25) is 4.79 Å². The van der Waals surface area contributed by atoms with Crippen molar-refractivity contribution < 1.29 is 9.21 Å². The fourth-order valence-electron chi connectivity index (χ4n) is 3.27. The van der Waals surface area contributed by atoms with E-state index in [-0.39, 0.29) is 17.7 Å². The summed E-state index contributed by atoms with van der Waals surface area (Å²) in [5, 5.41) is 12.1. The number of rotatable bonds is 5. The van der Waals surface area contributed by atoms with Crippen LogP contribution in [0.3, 0.4) is 0 Å². The molecule has 0 bridgehead atoms. The van der Waals surface area contributed by atoms with Gasteiger partial charge in [0.1, 0.15) is 0 Å². The van der Waals surface area contributed by atoms with Gasteiger partial charge in [0.05, 0.1) is 11.8 Å². The van der Waals surface area contributed by atoms with Crippen molar-refractivity contribution in [2.24, 2.45) is 0 Å². The van der Waals surface area contributed by atoms with Crippen molar-refractivity contribution in [3.8, 4) is 11.5 Å². The molecule has 5 nitrogen and oxygen atoms in total. The van der Waals surface area contributed by atoms with E-state index in [0.717, 1.165) is 24.8 Å². The quantitative estimate of drug-likeness (QED) is 0.631. The summed E-state index contributed by atoms with van der Waals surface area (Å²) in [5.74, 6) is 0.585. The molecule has 0 aliphatic heterocycles. The van der Waals surface area contributed by atoms with Gasteiger partial charge in [-0.1, -0.05) is 53.7 Å². The Bertz CT molecular complexity index is 960. The standard InChI is InChI=1S/C20H18ClN3O2S/c21-15-8-3-7-14(11-15)19-23-24-20(26-19)27-12-18(25)22-17-10-4-6-13-5-1-2-9-16(13)17/h1-3,5,7-9,11,17H,4,6,10,12H2,(H,22,25)/t17-/m0/s1. The van der Waals surface area contributed by atoms with Crippen molar-refractivity contribution in [1.82, 2.24) is 15.5 Å². The molecule has 1 N–H and O–H groups in total. The molecule has 1 heterocycles. The normalized spacial score (nSPS) is 16.0. The lowest BCUT2D eigenvalue weighted by molar-refractivity contribution is -0.119. The van der Waals surface area contributed by atoms with Gasteiger partial charge in [-0.2, -0.15) is 0 Å². The third kappa shape index (κ3) is 4.34. The molecule has 27 heavy (non-hydrogen) atoms. The number of benzene rings is 2. The molecular formula is C20H18ClN3O2S. The van der Waals surface area contributed by atoms with Crippen LogP contribution in [0, 0.1) is 0 Å². The number of halogens is 1. The molecule has 0 saturated heterocycles. The topological polar surface area (TPSA) is 68.0 Å². The summed E-state index contributed by atoms with van der Waals surface area (Å²) >= 11 is 7.22. The number of carbonyl (C=O) groups excluding carboxylic acids is 1. The van der Waals surface area contributed by atoms with Crippen molar-refractivity contribution in [3.05, 3.63) is 64.7 Å². The number of aromatic nitrogens is 2. The molecule has 4 rings (SSSR count). The second-order valence-electron chi connectivity index (χ2n) is 6.38. The highest BCUT2D eigenvalue weighted by atomic mass is 35.5. The Morgan fingerprint density at radius 3 is 3.00 bits per heavy atom. The number of nitrogens with zero attached hydrogens (tertiary/aromatic N) is 2. The average Bonchev–Trinajstić information content (AvgIpc) is 3.16.